The number of halogens is 1. The molecule has 0 fully saturated rings. The van der Waals surface area contributed by atoms with Crippen LogP contribution in [0.2, 0.25) is 0 Å². The number of rotatable bonds is 5. The van der Waals surface area contributed by atoms with E-state index in [4.69, 9.17) is 0 Å². The van der Waals surface area contributed by atoms with Crippen LogP contribution in [-0.2, 0) is 5.41 Å². The molecule has 2 rings (SSSR count). The van der Waals surface area contributed by atoms with Crippen LogP contribution in [-0.4, -0.2) is 16.5 Å². The number of thiophene rings is 1. The molecule has 0 spiro atoms. The lowest BCUT2D eigenvalue weighted by Crippen LogP contribution is -2.27. The lowest BCUT2D eigenvalue weighted by molar-refractivity contribution is -0.384. The van der Waals surface area contributed by atoms with E-state index in [1.807, 2.05) is 11.4 Å². The molecule has 2 heterocycles. The molecule has 5 nitrogen and oxygen atoms in total. The summed E-state index contributed by atoms with van der Waals surface area (Å²) in [5.74, 6) is 0.294. The summed E-state index contributed by atoms with van der Waals surface area (Å²) >= 11 is 4.87. The number of anilines is 1. The molecule has 0 saturated heterocycles. The predicted octanol–water partition coefficient (Wildman–Crippen LogP) is 4.20. The molecule has 0 radical (unpaired) electrons. The molecule has 0 aliphatic rings. The molecule has 2 aromatic heterocycles. The highest BCUT2D eigenvalue weighted by Crippen LogP contribution is 2.30. The third-order valence-corrected chi connectivity index (χ3v) is 4.59. The topological polar surface area (TPSA) is 68.1 Å². The highest BCUT2D eigenvalue weighted by molar-refractivity contribution is 9.10. The summed E-state index contributed by atoms with van der Waals surface area (Å²) in [5, 5.41) is 16.1. The fourth-order valence-electron chi connectivity index (χ4n) is 1.76. The average molecular weight is 356 g/mol. The van der Waals surface area contributed by atoms with Crippen LogP contribution in [0, 0.1) is 10.1 Å². The van der Waals surface area contributed by atoms with E-state index in [0.29, 0.717) is 16.8 Å². The third kappa shape index (κ3) is 3.34. The highest BCUT2D eigenvalue weighted by Gasteiger charge is 2.24. The van der Waals surface area contributed by atoms with Gasteiger partial charge in [0.05, 0.1) is 4.92 Å². The van der Waals surface area contributed by atoms with Gasteiger partial charge in [-0.3, -0.25) is 10.1 Å². The number of hydrogen-bond donors (Lipinski definition) is 1. The molecule has 0 aliphatic carbocycles. The molecule has 7 heteroatoms. The van der Waals surface area contributed by atoms with E-state index in [0.717, 1.165) is 0 Å². The minimum atomic E-state index is -0.432. The Morgan fingerprint density at radius 2 is 2.30 bits per heavy atom. The number of nitrogens with zero attached hydrogens (tertiary/aromatic N) is 2. The zero-order chi connectivity index (χ0) is 14.8. The second kappa shape index (κ2) is 5.88. The molecule has 2 aromatic rings. The van der Waals surface area contributed by atoms with E-state index in [2.05, 4.69) is 46.1 Å². The maximum Gasteiger partial charge on any atom is 0.312 e. The molecular weight excluding hydrogens is 342 g/mol. The monoisotopic (exact) mass is 355 g/mol. The van der Waals surface area contributed by atoms with Crippen molar-refractivity contribution in [2.75, 3.05) is 11.9 Å². The van der Waals surface area contributed by atoms with Crippen molar-refractivity contribution >= 4 is 38.8 Å². The van der Waals surface area contributed by atoms with Gasteiger partial charge in [-0.05, 0) is 27.4 Å². The van der Waals surface area contributed by atoms with Crippen LogP contribution in [0.5, 0.6) is 0 Å². The van der Waals surface area contributed by atoms with Crippen LogP contribution in [0.3, 0.4) is 0 Å². The Kier molecular flexibility index (Phi) is 4.39. The lowest BCUT2D eigenvalue weighted by Gasteiger charge is -2.23. The van der Waals surface area contributed by atoms with Crippen LogP contribution in [0.15, 0.2) is 34.2 Å². The quantitative estimate of drug-likeness (QED) is 0.644. The molecule has 0 aromatic carbocycles. The van der Waals surface area contributed by atoms with Crippen LogP contribution < -0.4 is 5.32 Å². The summed E-state index contributed by atoms with van der Waals surface area (Å²) in [6.45, 7) is 4.76. The molecule has 0 saturated carbocycles. The summed E-state index contributed by atoms with van der Waals surface area (Å²) in [7, 11) is 0. The van der Waals surface area contributed by atoms with Crippen LogP contribution in [0.25, 0.3) is 0 Å². The summed E-state index contributed by atoms with van der Waals surface area (Å²) < 4.78 is 0.590. The first-order valence-corrected chi connectivity index (χ1v) is 7.65. The fraction of sp³-hybridized carbons (Fsp3) is 0.308. The van der Waals surface area contributed by atoms with Gasteiger partial charge in [0.25, 0.3) is 0 Å². The second-order valence-electron chi connectivity index (χ2n) is 4.99. The van der Waals surface area contributed by atoms with Crippen molar-refractivity contribution in [2.24, 2.45) is 0 Å². The highest BCUT2D eigenvalue weighted by atomic mass is 79.9. The zero-order valence-corrected chi connectivity index (χ0v) is 13.5. The van der Waals surface area contributed by atoms with Gasteiger partial charge in [-0.2, -0.15) is 0 Å². The molecular formula is C13H14BrN3O2S. The minimum Gasteiger partial charge on any atom is -0.363 e. The van der Waals surface area contributed by atoms with Crippen molar-refractivity contribution in [1.82, 2.24) is 4.98 Å². The fourth-order valence-corrected chi connectivity index (χ4v) is 2.93. The van der Waals surface area contributed by atoms with Gasteiger partial charge in [0, 0.05) is 33.6 Å². The zero-order valence-electron chi connectivity index (χ0n) is 11.1. The number of hydrogen-bond acceptors (Lipinski definition) is 5. The van der Waals surface area contributed by atoms with Gasteiger partial charge in [-0.1, -0.05) is 19.9 Å². The Hall–Kier alpha value is -1.47. The molecule has 0 unspecified atom stereocenters. The maximum atomic E-state index is 11.0. The lowest BCUT2D eigenvalue weighted by atomic mass is 9.91. The van der Waals surface area contributed by atoms with Crippen molar-refractivity contribution in [2.45, 2.75) is 19.3 Å². The Morgan fingerprint density at radius 3 is 2.90 bits per heavy atom. The average Bonchev–Trinajstić information content (AvgIpc) is 2.91. The third-order valence-electron chi connectivity index (χ3n) is 2.92. The van der Waals surface area contributed by atoms with Gasteiger partial charge in [-0.25, -0.2) is 4.98 Å². The molecule has 1 N–H and O–H groups in total. The standard InChI is InChI=1S/C13H14BrN3O2S/c1-13(2,11-4-3-5-20-11)8-16-12-10(17(18)19)6-9(14)7-15-12/h3-7H,8H2,1-2H3,(H,15,16). The van der Waals surface area contributed by atoms with Crippen LogP contribution in [0.1, 0.15) is 18.7 Å². The first-order chi connectivity index (χ1) is 9.40. The summed E-state index contributed by atoms with van der Waals surface area (Å²) in [5.41, 5.74) is -0.141. The Labute approximate surface area is 129 Å². The van der Waals surface area contributed by atoms with Crippen molar-refractivity contribution in [3.8, 4) is 0 Å². The summed E-state index contributed by atoms with van der Waals surface area (Å²) in [6, 6.07) is 5.52. The van der Waals surface area contributed by atoms with Crippen molar-refractivity contribution in [3.63, 3.8) is 0 Å². The van der Waals surface area contributed by atoms with Gasteiger partial charge in [-0.15, -0.1) is 11.3 Å². The Balaban J connectivity index is 2.17. The summed E-state index contributed by atoms with van der Waals surface area (Å²) in [6.07, 6.45) is 1.55. The van der Waals surface area contributed by atoms with Crippen LogP contribution in [0.4, 0.5) is 11.5 Å². The Morgan fingerprint density at radius 1 is 1.55 bits per heavy atom. The molecule has 0 atom stereocenters. The van der Waals surface area contributed by atoms with Gasteiger partial charge in [0.2, 0.25) is 5.82 Å². The van der Waals surface area contributed by atoms with E-state index in [9.17, 15) is 10.1 Å². The molecule has 106 valence electrons. The van der Waals surface area contributed by atoms with E-state index < -0.39 is 4.92 Å². The van der Waals surface area contributed by atoms with Gasteiger partial charge in [0.1, 0.15) is 0 Å². The largest absolute Gasteiger partial charge is 0.363 e. The van der Waals surface area contributed by atoms with E-state index in [1.165, 1.54) is 10.9 Å². The smallest absolute Gasteiger partial charge is 0.312 e. The SMILES string of the molecule is CC(C)(CNc1ncc(Br)cc1[N+](=O)[O-])c1cccs1. The van der Waals surface area contributed by atoms with Crippen molar-refractivity contribution in [1.29, 1.82) is 0 Å². The van der Waals surface area contributed by atoms with E-state index in [1.54, 1.807) is 17.5 Å². The van der Waals surface area contributed by atoms with Crippen molar-refractivity contribution < 1.29 is 4.92 Å². The predicted molar refractivity (Wildman–Crippen MR) is 84.4 cm³/mol. The van der Waals surface area contributed by atoms with Crippen LogP contribution >= 0.6 is 27.3 Å². The van der Waals surface area contributed by atoms with Gasteiger partial charge >= 0.3 is 5.69 Å². The maximum absolute atomic E-state index is 11.0. The molecule has 0 amide bonds. The van der Waals surface area contributed by atoms with E-state index >= 15 is 0 Å². The van der Waals surface area contributed by atoms with Crippen molar-refractivity contribution in [3.05, 3.63) is 49.2 Å². The van der Waals surface area contributed by atoms with E-state index in [-0.39, 0.29) is 11.1 Å². The molecule has 20 heavy (non-hydrogen) atoms. The van der Waals surface area contributed by atoms with Gasteiger partial charge in [0.15, 0.2) is 0 Å². The van der Waals surface area contributed by atoms with Gasteiger partial charge < -0.3 is 5.32 Å². The molecule has 0 bridgehead atoms. The normalized spacial score (nSPS) is 11.3. The Bertz CT molecular complexity index is 614. The number of pyridine rings is 1. The first-order valence-electron chi connectivity index (χ1n) is 5.98. The first kappa shape index (κ1) is 14.9. The number of nitrogens with one attached hydrogen (secondary N) is 1. The number of nitro groups is 1. The second-order valence-corrected chi connectivity index (χ2v) is 6.86. The molecule has 0 aliphatic heterocycles. The minimum absolute atomic E-state index is 0.0265. The number of aromatic nitrogens is 1. The summed E-state index contributed by atoms with van der Waals surface area (Å²) in [4.78, 5) is 15.9.